The van der Waals surface area contributed by atoms with Crippen molar-refractivity contribution in [2.24, 2.45) is 0 Å². The number of nitrogens with one attached hydrogen (secondary N) is 1. The molecule has 0 spiro atoms. The summed E-state index contributed by atoms with van der Waals surface area (Å²) >= 11 is 0. The van der Waals surface area contributed by atoms with E-state index in [9.17, 15) is 18.0 Å². The van der Waals surface area contributed by atoms with Gasteiger partial charge in [-0.25, -0.2) is 13.2 Å². The first-order valence-corrected chi connectivity index (χ1v) is 6.07. The summed E-state index contributed by atoms with van der Waals surface area (Å²) in [7, 11) is 1.42. The molecule has 1 N–H and O–H groups in total. The van der Waals surface area contributed by atoms with Gasteiger partial charge in [0.25, 0.3) is 5.91 Å². The van der Waals surface area contributed by atoms with Crippen molar-refractivity contribution in [1.82, 2.24) is 5.32 Å². The fraction of sp³-hybridized carbons (Fsp3) is 0.133. The van der Waals surface area contributed by atoms with Gasteiger partial charge in [-0.1, -0.05) is 0 Å². The van der Waals surface area contributed by atoms with Gasteiger partial charge in [0.15, 0.2) is 11.6 Å². The zero-order chi connectivity index (χ0) is 15.4. The zero-order valence-electron chi connectivity index (χ0n) is 11.1. The number of ether oxygens (including phenoxy) is 1. The number of amides is 1. The zero-order valence-corrected chi connectivity index (χ0v) is 11.1. The van der Waals surface area contributed by atoms with E-state index in [0.29, 0.717) is 11.3 Å². The molecule has 0 radical (unpaired) electrons. The maximum Gasteiger partial charge on any atom is 0.251 e. The van der Waals surface area contributed by atoms with Crippen LogP contribution in [0, 0.1) is 17.5 Å². The minimum Gasteiger partial charge on any atom is -0.496 e. The van der Waals surface area contributed by atoms with Gasteiger partial charge in [-0.05, 0) is 36.4 Å². The number of hydrogen-bond acceptors (Lipinski definition) is 2. The van der Waals surface area contributed by atoms with E-state index in [0.717, 1.165) is 18.2 Å². The van der Waals surface area contributed by atoms with Crippen molar-refractivity contribution in [3.63, 3.8) is 0 Å². The van der Waals surface area contributed by atoms with Gasteiger partial charge in [0, 0.05) is 17.7 Å². The number of rotatable bonds is 4. The molecule has 1 amide bonds. The van der Waals surface area contributed by atoms with Gasteiger partial charge < -0.3 is 10.1 Å². The summed E-state index contributed by atoms with van der Waals surface area (Å²) in [5, 5.41) is 2.49. The molecule has 6 heteroatoms. The second-order valence-corrected chi connectivity index (χ2v) is 4.27. The van der Waals surface area contributed by atoms with Crippen molar-refractivity contribution in [2.45, 2.75) is 6.54 Å². The minimum atomic E-state index is -1.11. The summed E-state index contributed by atoms with van der Waals surface area (Å²) in [6.07, 6.45) is 0. The Morgan fingerprint density at radius 3 is 2.52 bits per heavy atom. The first-order valence-electron chi connectivity index (χ1n) is 6.07. The lowest BCUT2D eigenvalue weighted by Gasteiger charge is -2.10. The Hall–Kier alpha value is -2.50. The molecule has 0 saturated carbocycles. The van der Waals surface area contributed by atoms with Crippen molar-refractivity contribution in [2.75, 3.05) is 7.11 Å². The minimum absolute atomic E-state index is 0.00123. The predicted octanol–water partition coefficient (Wildman–Crippen LogP) is 3.04. The summed E-state index contributed by atoms with van der Waals surface area (Å²) in [5.74, 6) is -2.78. The fourth-order valence-electron chi connectivity index (χ4n) is 1.80. The molecular weight excluding hydrogens is 283 g/mol. The van der Waals surface area contributed by atoms with Gasteiger partial charge in [-0.3, -0.25) is 4.79 Å². The summed E-state index contributed by atoms with van der Waals surface area (Å²) in [4.78, 5) is 11.8. The lowest BCUT2D eigenvalue weighted by atomic mass is 10.1. The van der Waals surface area contributed by atoms with Crippen molar-refractivity contribution in [3.8, 4) is 5.75 Å². The lowest BCUT2D eigenvalue weighted by Crippen LogP contribution is -2.23. The van der Waals surface area contributed by atoms with Gasteiger partial charge in [0.05, 0.1) is 7.11 Å². The van der Waals surface area contributed by atoms with Gasteiger partial charge in [0.1, 0.15) is 11.6 Å². The van der Waals surface area contributed by atoms with Crippen LogP contribution in [0.2, 0.25) is 0 Å². The summed E-state index contributed by atoms with van der Waals surface area (Å²) < 4.78 is 44.1. The van der Waals surface area contributed by atoms with Crippen LogP contribution < -0.4 is 10.1 Å². The Kier molecular flexibility index (Phi) is 4.47. The first-order chi connectivity index (χ1) is 10.0. The van der Waals surface area contributed by atoms with E-state index in [1.165, 1.54) is 25.3 Å². The number of methoxy groups -OCH3 is 1. The van der Waals surface area contributed by atoms with E-state index in [1.54, 1.807) is 0 Å². The average molecular weight is 295 g/mol. The van der Waals surface area contributed by atoms with E-state index < -0.39 is 23.4 Å². The summed E-state index contributed by atoms with van der Waals surface area (Å²) in [6, 6.07) is 6.73. The third-order valence-corrected chi connectivity index (χ3v) is 2.86. The first kappa shape index (κ1) is 14.9. The van der Waals surface area contributed by atoms with E-state index >= 15 is 0 Å². The predicted molar refractivity (Wildman–Crippen MR) is 70.5 cm³/mol. The molecular formula is C15H12F3NO2. The Bertz CT molecular complexity index is 674. The van der Waals surface area contributed by atoms with Crippen LogP contribution >= 0.6 is 0 Å². The Morgan fingerprint density at radius 1 is 1.10 bits per heavy atom. The van der Waals surface area contributed by atoms with E-state index in [2.05, 4.69) is 5.32 Å². The van der Waals surface area contributed by atoms with Crippen molar-refractivity contribution < 1.29 is 22.7 Å². The molecule has 110 valence electrons. The number of halogens is 3. The molecule has 2 rings (SSSR count). The SMILES string of the molecule is COc1ccc(F)cc1CNC(=O)c1ccc(F)c(F)c1. The molecule has 21 heavy (non-hydrogen) atoms. The Labute approximate surface area is 119 Å². The molecule has 0 bridgehead atoms. The third kappa shape index (κ3) is 3.53. The van der Waals surface area contributed by atoms with Crippen LogP contribution in [0.4, 0.5) is 13.2 Å². The molecule has 3 nitrogen and oxygen atoms in total. The molecule has 2 aromatic carbocycles. The highest BCUT2D eigenvalue weighted by molar-refractivity contribution is 5.94. The molecule has 0 saturated heterocycles. The van der Waals surface area contributed by atoms with Crippen LogP contribution in [-0.2, 0) is 6.54 Å². The molecule has 0 aliphatic rings. The molecule has 0 fully saturated rings. The fourth-order valence-corrected chi connectivity index (χ4v) is 1.80. The van der Waals surface area contributed by atoms with Crippen LogP contribution in [0.3, 0.4) is 0 Å². The maximum atomic E-state index is 13.2. The van der Waals surface area contributed by atoms with E-state index in [1.807, 2.05) is 0 Å². The lowest BCUT2D eigenvalue weighted by molar-refractivity contribution is 0.0950. The highest BCUT2D eigenvalue weighted by atomic mass is 19.2. The summed E-state index contributed by atoms with van der Waals surface area (Å²) in [6.45, 7) is -0.00123. The molecule has 0 aromatic heterocycles. The number of carbonyl (C=O) groups is 1. The average Bonchev–Trinajstić information content (AvgIpc) is 2.47. The van der Waals surface area contributed by atoms with Gasteiger partial charge in [0.2, 0.25) is 0 Å². The molecule has 0 heterocycles. The van der Waals surface area contributed by atoms with E-state index in [4.69, 9.17) is 4.74 Å². The molecule has 0 atom stereocenters. The molecule has 0 aliphatic carbocycles. The van der Waals surface area contributed by atoms with Crippen LogP contribution in [0.5, 0.6) is 5.75 Å². The largest absolute Gasteiger partial charge is 0.496 e. The number of carbonyl (C=O) groups excluding carboxylic acids is 1. The quantitative estimate of drug-likeness (QED) is 0.941. The highest BCUT2D eigenvalue weighted by Crippen LogP contribution is 2.19. The van der Waals surface area contributed by atoms with Gasteiger partial charge in [-0.15, -0.1) is 0 Å². The standard InChI is InChI=1S/C15H12F3NO2/c1-21-14-5-3-11(16)6-10(14)8-19-15(20)9-2-4-12(17)13(18)7-9/h2-7H,8H2,1H3,(H,19,20). The van der Waals surface area contributed by atoms with E-state index in [-0.39, 0.29) is 12.1 Å². The molecule has 0 aliphatic heterocycles. The van der Waals surface area contributed by atoms with Gasteiger partial charge >= 0.3 is 0 Å². The van der Waals surface area contributed by atoms with Gasteiger partial charge in [-0.2, -0.15) is 0 Å². The van der Waals surface area contributed by atoms with Crippen LogP contribution in [-0.4, -0.2) is 13.0 Å². The Balaban J connectivity index is 2.10. The number of hydrogen-bond donors (Lipinski definition) is 1. The topological polar surface area (TPSA) is 38.3 Å². The monoisotopic (exact) mass is 295 g/mol. The van der Waals surface area contributed by atoms with Crippen molar-refractivity contribution in [3.05, 3.63) is 65.0 Å². The van der Waals surface area contributed by atoms with Crippen molar-refractivity contribution >= 4 is 5.91 Å². The maximum absolute atomic E-state index is 13.2. The van der Waals surface area contributed by atoms with Crippen LogP contribution in [0.25, 0.3) is 0 Å². The normalized spacial score (nSPS) is 10.3. The van der Waals surface area contributed by atoms with Crippen molar-refractivity contribution in [1.29, 1.82) is 0 Å². The smallest absolute Gasteiger partial charge is 0.251 e. The molecule has 2 aromatic rings. The van der Waals surface area contributed by atoms with Crippen LogP contribution in [0.1, 0.15) is 15.9 Å². The summed E-state index contributed by atoms with van der Waals surface area (Å²) in [5.41, 5.74) is 0.415. The highest BCUT2D eigenvalue weighted by Gasteiger charge is 2.11. The van der Waals surface area contributed by atoms with Crippen LogP contribution in [0.15, 0.2) is 36.4 Å². The second kappa shape index (κ2) is 6.30. The Morgan fingerprint density at radius 2 is 1.86 bits per heavy atom. The second-order valence-electron chi connectivity index (χ2n) is 4.27. The number of benzene rings is 2. The third-order valence-electron chi connectivity index (χ3n) is 2.86. The molecule has 0 unspecified atom stereocenters.